The fourth-order valence-corrected chi connectivity index (χ4v) is 2.41. The number of aryl methyl sites for hydroxylation is 1. The predicted molar refractivity (Wildman–Crippen MR) is 82.8 cm³/mol. The van der Waals surface area contributed by atoms with E-state index < -0.39 is 5.97 Å². The van der Waals surface area contributed by atoms with Gasteiger partial charge in [0.1, 0.15) is 17.2 Å². The molecule has 0 spiro atoms. The fraction of sp³-hybridized carbons (Fsp3) is 0.294. The minimum absolute atomic E-state index is 0.0774. The van der Waals surface area contributed by atoms with Crippen molar-refractivity contribution in [3.63, 3.8) is 0 Å². The van der Waals surface area contributed by atoms with E-state index in [4.69, 9.17) is 9.47 Å². The summed E-state index contributed by atoms with van der Waals surface area (Å²) in [6.45, 7) is 7.45. The lowest BCUT2D eigenvalue weighted by Crippen LogP contribution is -2.10. The summed E-state index contributed by atoms with van der Waals surface area (Å²) in [5, 5.41) is 0. The zero-order valence-corrected chi connectivity index (χ0v) is 13.1. The number of nitrogens with one attached hydrogen (secondary N) is 1. The second kappa shape index (κ2) is 6.47. The maximum Gasteiger partial charge on any atom is 0.360 e. The Morgan fingerprint density at radius 3 is 2.18 bits per heavy atom. The maximum atomic E-state index is 12.2. The molecule has 0 aliphatic heterocycles. The van der Waals surface area contributed by atoms with Gasteiger partial charge >= 0.3 is 5.97 Å². The normalized spacial score (nSPS) is 10.4. The smallest absolute Gasteiger partial charge is 0.360 e. The first-order valence-electron chi connectivity index (χ1n) is 7.09. The van der Waals surface area contributed by atoms with E-state index in [-0.39, 0.29) is 5.78 Å². The van der Waals surface area contributed by atoms with Crippen molar-refractivity contribution in [2.75, 3.05) is 6.61 Å². The van der Waals surface area contributed by atoms with Gasteiger partial charge in [-0.3, -0.25) is 4.79 Å². The van der Waals surface area contributed by atoms with Crippen molar-refractivity contribution in [2.24, 2.45) is 0 Å². The van der Waals surface area contributed by atoms with Crippen LogP contribution in [0.25, 0.3) is 0 Å². The van der Waals surface area contributed by atoms with Gasteiger partial charge in [-0.15, -0.1) is 0 Å². The number of carbonyl (C=O) groups excluding carboxylic acids is 2. The van der Waals surface area contributed by atoms with E-state index in [9.17, 15) is 9.59 Å². The summed E-state index contributed by atoms with van der Waals surface area (Å²) in [4.78, 5) is 26.8. The molecule has 0 aliphatic carbocycles. The number of hydrogen-bond donors (Lipinski definition) is 1. The second-order valence-electron chi connectivity index (χ2n) is 4.98. The third kappa shape index (κ3) is 3.19. The Kier molecular flexibility index (Phi) is 4.65. The topological polar surface area (TPSA) is 68.4 Å². The Balaban J connectivity index is 2.19. The minimum atomic E-state index is -0.516. The van der Waals surface area contributed by atoms with Crippen LogP contribution in [0.2, 0.25) is 0 Å². The Morgan fingerprint density at radius 1 is 1.09 bits per heavy atom. The molecule has 0 amide bonds. The molecular formula is C17H19NO4. The summed E-state index contributed by atoms with van der Waals surface area (Å²) >= 11 is 0. The molecule has 0 fully saturated rings. The van der Waals surface area contributed by atoms with E-state index in [0.717, 1.165) is 0 Å². The van der Waals surface area contributed by atoms with Gasteiger partial charge in [-0.05, 0) is 57.5 Å². The second-order valence-corrected chi connectivity index (χ2v) is 4.98. The lowest BCUT2D eigenvalue weighted by atomic mass is 10.1. The molecule has 22 heavy (non-hydrogen) atoms. The molecule has 2 aromatic rings. The molecule has 0 saturated heterocycles. The number of benzene rings is 1. The summed E-state index contributed by atoms with van der Waals surface area (Å²) in [6.07, 6.45) is 0. The molecule has 1 aromatic heterocycles. The minimum Gasteiger partial charge on any atom is -0.494 e. The molecule has 1 heterocycles. The van der Waals surface area contributed by atoms with E-state index in [1.54, 1.807) is 38.1 Å². The maximum absolute atomic E-state index is 12.2. The van der Waals surface area contributed by atoms with Crippen LogP contribution in [0.15, 0.2) is 24.3 Å². The van der Waals surface area contributed by atoms with Gasteiger partial charge in [-0.1, -0.05) is 0 Å². The van der Waals surface area contributed by atoms with Crippen LogP contribution in [0.4, 0.5) is 0 Å². The van der Waals surface area contributed by atoms with Crippen LogP contribution in [-0.2, 0) is 0 Å². The largest absolute Gasteiger partial charge is 0.494 e. The number of aromatic nitrogens is 1. The molecule has 0 bridgehead atoms. The summed E-state index contributed by atoms with van der Waals surface area (Å²) in [5.74, 6) is 0.543. The highest BCUT2D eigenvalue weighted by Gasteiger charge is 2.21. The number of hydrogen-bond acceptors (Lipinski definition) is 4. The first kappa shape index (κ1) is 15.8. The number of ketones is 1. The fourth-order valence-electron chi connectivity index (χ4n) is 2.41. The van der Waals surface area contributed by atoms with E-state index >= 15 is 0 Å². The van der Waals surface area contributed by atoms with Gasteiger partial charge in [0.15, 0.2) is 5.78 Å². The standard InChI is InChI=1S/C17H19NO4/c1-5-21-13-6-8-14(9-7-13)22-17(20)16-10(2)15(12(4)19)11(3)18-16/h6-9,18H,5H2,1-4H3. The summed E-state index contributed by atoms with van der Waals surface area (Å²) in [7, 11) is 0. The molecule has 1 N–H and O–H groups in total. The van der Waals surface area contributed by atoms with E-state index in [2.05, 4.69) is 4.98 Å². The van der Waals surface area contributed by atoms with Crippen molar-refractivity contribution < 1.29 is 19.1 Å². The predicted octanol–water partition coefficient (Wildman–Crippen LogP) is 3.45. The SMILES string of the molecule is CCOc1ccc(OC(=O)c2[nH]c(C)c(C(C)=O)c2C)cc1. The Bertz CT molecular complexity index is 698. The number of H-pyrrole nitrogens is 1. The van der Waals surface area contributed by atoms with Crippen LogP contribution in [-0.4, -0.2) is 23.3 Å². The molecule has 0 radical (unpaired) electrons. The van der Waals surface area contributed by atoms with Crippen LogP contribution in [0.5, 0.6) is 11.5 Å². The monoisotopic (exact) mass is 301 g/mol. The van der Waals surface area contributed by atoms with E-state index in [1.165, 1.54) is 6.92 Å². The van der Waals surface area contributed by atoms with Gasteiger partial charge in [0.2, 0.25) is 0 Å². The Labute approximate surface area is 129 Å². The van der Waals surface area contributed by atoms with Crippen molar-refractivity contribution in [3.8, 4) is 11.5 Å². The number of carbonyl (C=O) groups is 2. The van der Waals surface area contributed by atoms with Crippen molar-refractivity contribution in [2.45, 2.75) is 27.7 Å². The molecule has 5 nitrogen and oxygen atoms in total. The highest BCUT2D eigenvalue weighted by atomic mass is 16.5. The number of aromatic amines is 1. The molecule has 0 atom stereocenters. The Hall–Kier alpha value is -2.56. The number of Topliss-reactive ketones (excluding diaryl/α,β-unsaturated/α-hetero) is 1. The van der Waals surface area contributed by atoms with Crippen LogP contribution in [0.1, 0.15) is 46.0 Å². The summed E-state index contributed by atoms with van der Waals surface area (Å²) in [5.41, 5.74) is 2.12. The number of esters is 1. The van der Waals surface area contributed by atoms with Crippen molar-refractivity contribution >= 4 is 11.8 Å². The molecule has 1 aromatic carbocycles. The Morgan fingerprint density at radius 2 is 1.68 bits per heavy atom. The van der Waals surface area contributed by atoms with Crippen molar-refractivity contribution in [3.05, 3.63) is 46.8 Å². The molecule has 2 rings (SSSR count). The van der Waals surface area contributed by atoms with E-state index in [0.29, 0.717) is 40.6 Å². The molecule has 5 heteroatoms. The van der Waals surface area contributed by atoms with E-state index in [1.807, 2.05) is 6.92 Å². The van der Waals surface area contributed by atoms with Crippen LogP contribution in [0, 0.1) is 13.8 Å². The zero-order chi connectivity index (χ0) is 16.3. The van der Waals surface area contributed by atoms with Gasteiger partial charge in [0.05, 0.1) is 6.61 Å². The molecule has 0 aliphatic rings. The first-order valence-corrected chi connectivity index (χ1v) is 7.09. The van der Waals surface area contributed by atoms with Crippen LogP contribution >= 0.6 is 0 Å². The summed E-state index contributed by atoms with van der Waals surface area (Å²) < 4.78 is 10.7. The van der Waals surface area contributed by atoms with Crippen molar-refractivity contribution in [1.29, 1.82) is 0 Å². The van der Waals surface area contributed by atoms with Gasteiger partial charge in [-0.2, -0.15) is 0 Å². The highest BCUT2D eigenvalue weighted by molar-refractivity contribution is 6.01. The number of rotatable bonds is 5. The summed E-state index contributed by atoms with van der Waals surface area (Å²) in [6, 6.07) is 6.81. The first-order chi connectivity index (χ1) is 10.4. The van der Waals surface area contributed by atoms with Gasteiger partial charge < -0.3 is 14.5 Å². The highest BCUT2D eigenvalue weighted by Crippen LogP contribution is 2.22. The molecular weight excluding hydrogens is 282 g/mol. The molecule has 0 unspecified atom stereocenters. The van der Waals surface area contributed by atoms with Crippen LogP contribution < -0.4 is 9.47 Å². The lowest BCUT2D eigenvalue weighted by molar-refractivity contribution is 0.0728. The number of ether oxygens (including phenoxy) is 2. The lowest BCUT2D eigenvalue weighted by Gasteiger charge is -2.06. The quantitative estimate of drug-likeness (QED) is 0.522. The van der Waals surface area contributed by atoms with Crippen molar-refractivity contribution in [1.82, 2.24) is 4.98 Å². The van der Waals surface area contributed by atoms with Crippen LogP contribution in [0.3, 0.4) is 0 Å². The average molecular weight is 301 g/mol. The van der Waals surface area contributed by atoms with Gasteiger partial charge in [0.25, 0.3) is 0 Å². The third-order valence-electron chi connectivity index (χ3n) is 3.34. The molecule has 116 valence electrons. The zero-order valence-electron chi connectivity index (χ0n) is 13.1. The molecule has 0 saturated carbocycles. The van der Waals surface area contributed by atoms with Gasteiger partial charge in [-0.25, -0.2) is 4.79 Å². The average Bonchev–Trinajstić information content (AvgIpc) is 2.76. The van der Waals surface area contributed by atoms with Gasteiger partial charge in [0, 0.05) is 11.3 Å². The third-order valence-corrected chi connectivity index (χ3v) is 3.34.